The van der Waals surface area contributed by atoms with Crippen molar-refractivity contribution in [2.75, 3.05) is 47.5 Å². The molecule has 0 aromatic rings. The maximum atomic E-state index is 12.8. The predicted octanol–water partition coefficient (Wildman–Crippen LogP) is 20.3. The van der Waals surface area contributed by atoms with Crippen molar-refractivity contribution in [3.8, 4) is 0 Å². The summed E-state index contributed by atoms with van der Waals surface area (Å²) in [6.07, 6.45) is 74.5. The number of hydrogen-bond donors (Lipinski definition) is 1. The molecule has 0 heterocycles. The lowest BCUT2D eigenvalue weighted by atomic mass is 10.0. The number of esters is 2. The van der Waals surface area contributed by atoms with Crippen molar-refractivity contribution in [2.24, 2.45) is 0 Å². The number of ether oxygens (including phenoxy) is 2. The van der Waals surface area contributed by atoms with Gasteiger partial charge in [-0.25, -0.2) is 4.57 Å². The molecule has 2 atom stereocenters. The van der Waals surface area contributed by atoms with E-state index in [0.717, 1.165) is 70.6 Å². The van der Waals surface area contributed by atoms with E-state index in [4.69, 9.17) is 18.5 Å². The zero-order valence-corrected chi connectivity index (χ0v) is 51.4. The molecule has 0 amide bonds. The largest absolute Gasteiger partial charge is 0.472 e. The maximum Gasteiger partial charge on any atom is 0.472 e. The number of carbonyl (C=O) groups excluding carboxylic acids is 2. The molecule has 10 heteroatoms. The fourth-order valence-corrected chi connectivity index (χ4v) is 9.90. The highest BCUT2D eigenvalue weighted by atomic mass is 31.2. The minimum atomic E-state index is -4.39. The molecule has 1 N–H and O–H groups in total. The molecule has 0 radical (unpaired) electrons. The molecule has 0 aliphatic heterocycles. The van der Waals surface area contributed by atoms with Crippen LogP contribution >= 0.6 is 7.82 Å². The highest BCUT2D eigenvalue weighted by molar-refractivity contribution is 7.47. The van der Waals surface area contributed by atoms with Gasteiger partial charge in [-0.15, -0.1) is 0 Å². The number of carbonyl (C=O) groups is 2. The number of nitrogens with zero attached hydrogens (tertiary/aromatic N) is 1. The minimum absolute atomic E-state index is 0.0311. The molecule has 444 valence electrons. The Morgan fingerprint density at radius 1 is 0.421 bits per heavy atom. The van der Waals surface area contributed by atoms with E-state index < -0.39 is 26.5 Å². The van der Waals surface area contributed by atoms with E-state index in [1.165, 1.54) is 193 Å². The van der Waals surface area contributed by atoms with Crippen LogP contribution < -0.4 is 0 Å². The predicted molar refractivity (Wildman–Crippen MR) is 326 cm³/mol. The van der Waals surface area contributed by atoms with Crippen LogP contribution in [-0.2, 0) is 32.7 Å². The topological polar surface area (TPSA) is 108 Å². The van der Waals surface area contributed by atoms with Crippen molar-refractivity contribution in [2.45, 2.75) is 302 Å². The van der Waals surface area contributed by atoms with Gasteiger partial charge in [-0.3, -0.25) is 18.6 Å². The normalized spacial score (nSPS) is 13.6. The van der Waals surface area contributed by atoms with Crippen molar-refractivity contribution in [3.63, 3.8) is 0 Å². The van der Waals surface area contributed by atoms with Crippen LogP contribution in [0.2, 0.25) is 0 Å². The van der Waals surface area contributed by atoms with E-state index >= 15 is 0 Å². The van der Waals surface area contributed by atoms with Gasteiger partial charge in [0.2, 0.25) is 0 Å². The third-order valence-corrected chi connectivity index (χ3v) is 15.0. The van der Waals surface area contributed by atoms with Gasteiger partial charge in [0.15, 0.2) is 6.10 Å². The standard InChI is InChI=1S/C66H122NO8P/c1-6-8-10-12-14-16-18-20-22-24-26-28-30-32-33-35-37-39-41-43-45-47-49-51-53-55-57-59-66(69)75-64(63-74-76(70,71)73-61-60-67(3,4)5)62-72-65(68)58-56-54-52-50-48-46-44-42-40-38-36-34-31-29-27-25-23-21-19-17-15-13-11-9-7-2/h8,10,14,16,20,22,26,28,32-33,64H,6-7,9,11-13,15,17-19,21,23-25,27,29-31,34-63H2,1-5H3/p+1/b10-8-,16-14-,22-20-,28-26-,33-32-. The van der Waals surface area contributed by atoms with Gasteiger partial charge in [-0.05, 0) is 57.8 Å². The molecule has 0 saturated heterocycles. The first-order valence-corrected chi connectivity index (χ1v) is 33.5. The number of quaternary nitrogens is 1. The molecule has 0 spiro atoms. The number of rotatable bonds is 59. The van der Waals surface area contributed by atoms with Gasteiger partial charge in [-0.2, -0.15) is 0 Å². The Balaban J connectivity index is 4.09. The first-order chi connectivity index (χ1) is 37.0. The van der Waals surface area contributed by atoms with Gasteiger partial charge in [0.05, 0.1) is 27.7 Å². The zero-order valence-electron chi connectivity index (χ0n) is 50.5. The summed E-state index contributed by atoms with van der Waals surface area (Å²) in [5.74, 6) is -0.788. The number of phosphoric ester groups is 1. The monoisotopic (exact) mass is 1090 g/mol. The maximum absolute atomic E-state index is 12.8. The van der Waals surface area contributed by atoms with Crippen molar-refractivity contribution >= 4 is 19.8 Å². The summed E-state index contributed by atoms with van der Waals surface area (Å²) in [5, 5.41) is 0. The Kier molecular flexibility index (Phi) is 55.7. The lowest BCUT2D eigenvalue weighted by molar-refractivity contribution is -0.870. The van der Waals surface area contributed by atoms with Crippen molar-refractivity contribution in [3.05, 3.63) is 60.8 Å². The van der Waals surface area contributed by atoms with E-state index in [9.17, 15) is 19.0 Å². The lowest BCUT2D eigenvalue weighted by Gasteiger charge is -2.24. The Bertz CT molecular complexity index is 1470. The van der Waals surface area contributed by atoms with Crippen LogP contribution in [0.5, 0.6) is 0 Å². The molecule has 0 fully saturated rings. The molecule has 9 nitrogen and oxygen atoms in total. The summed E-state index contributed by atoms with van der Waals surface area (Å²) in [4.78, 5) is 35.8. The number of allylic oxidation sites excluding steroid dienone is 10. The van der Waals surface area contributed by atoms with E-state index in [1.807, 2.05) is 21.1 Å². The summed E-state index contributed by atoms with van der Waals surface area (Å²) in [6.45, 7) is 4.36. The average Bonchev–Trinajstić information content (AvgIpc) is 3.38. The summed E-state index contributed by atoms with van der Waals surface area (Å²) < 4.78 is 34.7. The smallest absolute Gasteiger partial charge is 0.462 e. The number of phosphoric acid groups is 1. The Labute approximate surface area is 470 Å². The van der Waals surface area contributed by atoms with Crippen LogP contribution in [-0.4, -0.2) is 74.9 Å². The summed E-state index contributed by atoms with van der Waals surface area (Å²) in [7, 11) is 1.48. The van der Waals surface area contributed by atoms with Gasteiger partial charge in [0, 0.05) is 12.8 Å². The SMILES string of the molecule is CC/C=C\C/C=C\C/C=C\C/C=C\C/C=C\CCCCCCCCCCCCCC(=O)OC(COC(=O)CCCCCCCCCCCCCCCCCCCCCCCCCCC)COP(=O)(O)OCC[N+](C)(C)C. The molecule has 0 saturated carbocycles. The van der Waals surface area contributed by atoms with Crippen molar-refractivity contribution in [1.82, 2.24) is 0 Å². The number of hydrogen-bond acceptors (Lipinski definition) is 7. The highest BCUT2D eigenvalue weighted by Crippen LogP contribution is 2.43. The Morgan fingerprint density at radius 3 is 1.12 bits per heavy atom. The van der Waals surface area contributed by atoms with Crippen LogP contribution in [0.25, 0.3) is 0 Å². The fourth-order valence-electron chi connectivity index (χ4n) is 9.16. The molecule has 0 bridgehead atoms. The van der Waals surface area contributed by atoms with Crippen LogP contribution in [0, 0.1) is 0 Å². The van der Waals surface area contributed by atoms with Crippen LogP contribution in [0.1, 0.15) is 296 Å². The average molecular weight is 1090 g/mol. The zero-order chi connectivity index (χ0) is 55.6. The molecule has 0 aromatic carbocycles. The fraction of sp³-hybridized carbons (Fsp3) is 0.818. The molecule has 0 aliphatic rings. The summed E-state index contributed by atoms with van der Waals surface area (Å²) >= 11 is 0. The number of likely N-dealkylation sites (N-methyl/N-ethyl adjacent to an activating group) is 1. The molecular weight excluding hydrogens is 966 g/mol. The van der Waals surface area contributed by atoms with Gasteiger partial charge >= 0.3 is 19.8 Å². The molecule has 0 rings (SSSR count). The second kappa shape index (κ2) is 57.4. The van der Waals surface area contributed by atoms with Crippen molar-refractivity contribution < 1.29 is 42.1 Å². The first kappa shape index (κ1) is 73.7. The minimum Gasteiger partial charge on any atom is -0.462 e. The van der Waals surface area contributed by atoms with E-state index in [2.05, 4.69) is 74.6 Å². The lowest BCUT2D eigenvalue weighted by Crippen LogP contribution is -2.37. The van der Waals surface area contributed by atoms with E-state index in [-0.39, 0.29) is 25.6 Å². The van der Waals surface area contributed by atoms with Gasteiger partial charge in [0.1, 0.15) is 19.8 Å². The van der Waals surface area contributed by atoms with E-state index in [1.54, 1.807) is 0 Å². The highest BCUT2D eigenvalue weighted by Gasteiger charge is 2.27. The van der Waals surface area contributed by atoms with Gasteiger partial charge < -0.3 is 18.9 Å². The van der Waals surface area contributed by atoms with Gasteiger partial charge in [-0.1, -0.05) is 286 Å². The van der Waals surface area contributed by atoms with Crippen LogP contribution in [0.4, 0.5) is 0 Å². The van der Waals surface area contributed by atoms with Gasteiger partial charge in [0.25, 0.3) is 0 Å². The molecular formula is C66H123NO8P+. The van der Waals surface area contributed by atoms with Crippen LogP contribution in [0.15, 0.2) is 60.8 Å². The van der Waals surface area contributed by atoms with Crippen molar-refractivity contribution in [1.29, 1.82) is 0 Å². The second-order valence-electron chi connectivity index (χ2n) is 22.8. The third-order valence-electron chi connectivity index (χ3n) is 14.1. The Hall–Kier alpha value is -2.29. The number of unbranched alkanes of at least 4 members (excludes halogenated alkanes) is 35. The molecule has 76 heavy (non-hydrogen) atoms. The molecule has 0 aliphatic carbocycles. The quantitative estimate of drug-likeness (QED) is 0.0211. The van der Waals surface area contributed by atoms with Crippen LogP contribution in [0.3, 0.4) is 0 Å². The summed E-state index contributed by atoms with van der Waals surface area (Å²) in [5.41, 5.74) is 0. The second-order valence-corrected chi connectivity index (χ2v) is 24.2. The third kappa shape index (κ3) is 60.9. The summed E-state index contributed by atoms with van der Waals surface area (Å²) in [6, 6.07) is 0. The molecule has 0 aromatic heterocycles. The van der Waals surface area contributed by atoms with E-state index in [0.29, 0.717) is 23.9 Å². The Morgan fingerprint density at radius 2 is 0.750 bits per heavy atom. The molecule has 2 unspecified atom stereocenters. The first-order valence-electron chi connectivity index (χ1n) is 32.0.